The molecule has 0 bridgehead atoms. The van der Waals surface area contributed by atoms with Crippen molar-refractivity contribution in [2.75, 3.05) is 16.7 Å². The third kappa shape index (κ3) is 4.11. The maximum absolute atomic E-state index is 12.9. The summed E-state index contributed by atoms with van der Waals surface area (Å²) in [5.74, 6) is 0.347. The molecule has 0 saturated heterocycles. The predicted molar refractivity (Wildman–Crippen MR) is 120 cm³/mol. The highest BCUT2D eigenvalue weighted by Crippen LogP contribution is 2.32. The summed E-state index contributed by atoms with van der Waals surface area (Å²) in [7, 11) is -2.20. The first-order valence-electron chi connectivity index (χ1n) is 9.78. The number of thiazole rings is 1. The molecule has 0 saturated carbocycles. The molecule has 0 spiro atoms. The van der Waals surface area contributed by atoms with Gasteiger partial charge in [-0.05, 0) is 61.6 Å². The number of carbonyl (C=O) groups excluding carboxylic acids is 1. The van der Waals surface area contributed by atoms with Gasteiger partial charge < -0.3 is 0 Å². The summed E-state index contributed by atoms with van der Waals surface area (Å²) in [4.78, 5) is 18.5. The Hall–Kier alpha value is -2.71. The van der Waals surface area contributed by atoms with Gasteiger partial charge in [0, 0.05) is 17.5 Å². The normalized spacial score (nSPS) is 16.0. The van der Waals surface area contributed by atoms with Gasteiger partial charge in [-0.2, -0.15) is 0 Å². The molecule has 4 rings (SSSR count). The fourth-order valence-electron chi connectivity index (χ4n) is 3.48. The Morgan fingerprint density at radius 2 is 1.83 bits per heavy atom. The van der Waals surface area contributed by atoms with E-state index in [0.717, 1.165) is 25.0 Å². The molecule has 0 unspecified atom stereocenters. The molecule has 6 nitrogen and oxygen atoms in total. The van der Waals surface area contributed by atoms with E-state index in [2.05, 4.69) is 17.2 Å². The molecule has 1 heterocycles. The summed E-state index contributed by atoms with van der Waals surface area (Å²) in [5, 5.41) is 3.44. The monoisotopic (exact) mass is 441 g/mol. The van der Waals surface area contributed by atoms with Crippen LogP contribution in [0.3, 0.4) is 0 Å². The molecule has 1 aliphatic carbocycles. The molecular formula is C22H23N3O3S2. The van der Waals surface area contributed by atoms with Crippen LogP contribution in [0, 0.1) is 5.92 Å². The first-order chi connectivity index (χ1) is 14.3. The highest BCUT2D eigenvalue weighted by molar-refractivity contribution is 7.92. The molecule has 156 valence electrons. The lowest BCUT2D eigenvalue weighted by Gasteiger charge is -2.19. The molecule has 0 aliphatic heterocycles. The van der Waals surface area contributed by atoms with Crippen LogP contribution in [-0.4, -0.2) is 26.4 Å². The molecule has 0 radical (unpaired) electrons. The van der Waals surface area contributed by atoms with E-state index in [-0.39, 0.29) is 10.8 Å². The van der Waals surface area contributed by atoms with Gasteiger partial charge in [0.15, 0.2) is 5.13 Å². The minimum atomic E-state index is -3.71. The van der Waals surface area contributed by atoms with E-state index in [9.17, 15) is 13.2 Å². The van der Waals surface area contributed by atoms with E-state index in [1.54, 1.807) is 24.3 Å². The van der Waals surface area contributed by atoms with Crippen LogP contribution in [0.15, 0.2) is 59.5 Å². The molecule has 8 heteroatoms. The number of rotatable bonds is 5. The van der Waals surface area contributed by atoms with Crippen molar-refractivity contribution in [3.8, 4) is 0 Å². The van der Waals surface area contributed by atoms with E-state index < -0.39 is 10.0 Å². The Balaban J connectivity index is 1.49. The number of hydrogen-bond donors (Lipinski definition) is 1. The number of hydrogen-bond acceptors (Lipinski definition) is 5. The van der Waals surface area contributed by atoms with Crippen molar-refractivity contribution < 1.29 is 13.2 Å². The van der Waals surface area contributed by atoms with Gasteiger partial charge in [0.2, 0.25) is 0 Å². The summed E-state index contributed by atoms with van der Waals surface area (Å²) in [5.41, 5.74) is 2.04. The molecule has 1 amide bonds. The Bertz CT molecular complexity index is 1160. The average molecular weight is 442 g/mol. The Morgan fingerprint density at radius 3 is 2.53 bits per heavy atom. The molecule has 0 fully saturated rings. The molecule has 1 aliphatic rings. The topological polar surface area (TPSA) is 79.4 Å². The van der Waals surface area contributed by atoms with Gasteiger partial charge in [-0.1, -0.05) is 25.1 Å². The van der Waals surface area contributed by atoms with Crippen molar-refractivity contribution in [3.63, 3.8) is 0 Å². The van der Waals surface area contributed by atoms with Crippen LogP contribution in [-0.2, 0) is 22.9 Å². The highest BCUT2D eigenvalue weighted by Gasteiger charge is 2.23. The number of aryl methyl sites for hydroxylation is 1. The minimum Gasteiger partial charge on any atom is -0.298 e. The SMILES string of the molecule is C[C@@H]1CCc2nc(NC(=O)c3ccc(S(=O)(=O)N(C)c4ccccc4)cc3)sc2C1. The molecule has 2 aromatic carbocycles. The Labute approximate surface area is 180 Å². The van der Waals surface area contributed by atoms with Gasteiger partial charge in [-0.15, -0.1) is 11.3 Å². The third-order valence-corrected chi connectivity index (χ3v) is 8.14. The van der Waals surface area contributed by atoms with Gasteiger partial charge in [-0.25, -0.2) is 13.4 Å². The molecule has 1 N–H and O–H groups in total. The first kappa shape index (κ1) is 20.6. The smallest absolute Gasteiger partial charge is 0.264 e. The number of fused-ring (bicyclic) bond motifs is 1. The van der Waals surface area contributed by atoms with Gasteiger partial charge in [-0.3, -0.25) is 14.4 Å². The van der Waals surface area contributed by atoms with Gasteiger partial charge in [0.05, 0.1) is 16.3 Å². The van der Waals surface area contributed by atoms with Crippen LogP contribution in [0.1, 0.15) is 34.3 Å². The van der Waals surface area contributed by atoms with Crippen molar-refractivity contribution in [3.05, 3.63) is 70.7 Å². The maximum Gasteiger partial charge on any atom is 0.264 e. The van der Waals surface area contributed by atoms with E-state index >= 15 is 0 Å². The van der Waals surface area contributed by atoms with E-state index in [1.807, 2.05) is 6.07 Å². The van der Waals surface area contributed by atoms with Crippen molar-refractivity contribution >= 4 is 38.1 Å². The van der Waals surface area contributed by atoms with Crippen molar-refractivity contribution in [1.82, 2.24) is 4.98 Å². The number of amides is 1. The lowest BCUT2D eigenvalue weighted by molar-refractivity contribution is 0.102. The zero-order chi connectivity index (χ0) is 21.3. The lowest BCUT2D eigenvalue weighted by Crippen LogP contribution is -2.26. The maximum atomic E-state index is 12.9. The fraction of sp³-hybridized carbons (Fsp3) is 0.273. The summed E-state index contributed by atoms with van der Waals surface area (Å²) in [6.45, 7) is 2.23. The number of nitrogens with one attached hydrogen (secondary N) is 1. The second-order valence-corrected chi connectivity index (χ2v) is 10.6. The van der Waals surface area contributed by atoms with Crippen molar-refractivity contribution in [2.45, 2.75) is 31.1 Å². The summed E-state index contributed by atoms with van der Waals surface area (Å²) < 4.78 is 26.9. The van der Waals surface area contributed by atoms with Crippen LogP contribution in [0.5, 0.6) is 0 Å². The quantitative estimate of drug-likeness (QED) is 0.639. The molecule has 3 aromatic rings. The Kier molecular flexibility index (Phi) is 5.62. The predicted octanol–water partition coefficient (Wildman–Crippen LogP) is 4.35. The number of para-hydroxylation sites is 1. The summed E-state index contributed by atoms with van der Waals surface area (Å²) in [6, 6.07) is 14.8. The number of benzene rings is 2. The average Bonchev–Trinajstić information content (AvgIpc) is 3.15. The number of aromatic nitrogens is 1. The van der Waals surface area contributed by atoms with Gasteiger partial charge in [0.1, 0.15) is 0 Å². The van der Waals surface area contributed by atoms with Crippen molar-refractivity contribution in [2.24, 2.45) is 5.92 Å². The third-order valence-electron chi connectivity index (χ3n) is 5.30. The number of carbonyl (C=O) groups is 1. The van der Waals surface area contributed by atoms with Crippen LogP contribution in [0.4, 0.5) is 10.8 Å². The van der Waals surface area contributed by atoms with Crippen molar-refractivity contribution in [1.29, 1.82) is 0 Å². The number of nitrogens with zero attached hydrogens (tertiary/aromatic N) is 2. The van der Waals surface area contributed by atoms with Crippen LogP contribution in [0.25, 0.3) is 0 Å². The highest BCUT2D eigenvalue weighted by atomic mass is 32.2. The standard InChI is InChI=1S/C22H23N3O3S2/c1-15-8-13-19-20(14-15)29-22(23-19)24-21(26)16-9-11-18(12-10-16)30(27,28)25(2)17-6-4-3-5-7-17/h3-7,9-12,15H,8,13-14H2,1-2H3,(H,23,24,26)/t15-/m1/s1. The van der Waals surface area contributed by atoms with Crippen LogP contribution < -0.4 is 9.62 Å². The Morgan fingerprint density at radius 1 is 1.13 bits per heavy atom. The molecule has 30 heavy (non-hydrogen) atoms. The zero-order valence-electron chi connectivity index (χ0n) is 16.8. The molecular weight excluding hydrogens is 418 g/mol. The second kappa shape index (κ2) is 8.20. The molecule has 1 atom stereocenters. The van der Waals surface area contributed by atoms with E-state index in [0.29, 0.717) is 22.3 Å². The second-order valence-electron chi connectivity index (χ2n) is 7.52. The summed E-state index contributed by atoms with van der Waals surface area (Å²) in [6.07, 6.45) is 3.08. The van der Waals surface area contributed by atoms with Gasteiger partial charge >= 0.3 is 0 Å². The van der Waals surface area contributed by atoms with E-state index in [4.69, 9.17) is 0 Å². The number of anilines is 2. The summed E-state index contributed by atoms with van der Waals surface area (Å²) >= 11 is 1.53. The fourth-order valence-corrected chi connectivity index (χ4v) is 5.84. The van der Waals surface area contributed by atoms with Crippen LogP contribution in [0.2, 0.25) is 0 Å². The van der Waals surface area contributed by atoms with Crippen LogP contribution >= 0.6 is 11.3 Å². The molecule has 1 aromatic heterocycles. The first-order valence-corrected chi connectivity index (χ1v) is 12.0. The zero-order valence-corrected chi connectivity index (χ0v) is 18.5. The minimum absolute atomic E-state index is 0.129. The largest absolute Gasteiger partial charge is 0.298 e. The van der Waals surface area contributed by atoms with E-state index in [1.165, 1.54) is 51.8 Å². The lowest BCUT2D eigenvalue weighted by atomic mass is 9.93. The number of sulfonamides is 1. The van der Waals surface area contributed by atoms with Gasteiger partial charge in [0.25, 0.3) is 15.9 Å².